The number of hydrogen-bond donors (Lipinski definition) is 2. The summed E-state index contributed by atoms with van der Waals surface area (Å²) in [6.07, 6.45) is 5.14. The van der Waals surface area contributed by atoms with Crippen molar-refractivity contribution in [1.82, 2.24) is 10.6 Å². The molecule has 4 aliphatic heterocycles. The number of halogens is 2. The Morgan fingerprint density at radius 2 is 0.677 bits per heavy atom. The molecule has 3 spiro atoms. The largest absolute Gasteiger partial charge is 0.307 e. The van der Waals surface area contributed by atoms with Crippen LogP contribution in [0.4, 0.5) is 0 Å². The smallest absolute Gasteiger partial charge is 0.0646 e. The number of thioether (sulfide) groups is 4. The van der Waals surface area contributed by atoms with Crippen LogP contribution >= 0.6 is 71.9 Å². The van der Waals surface area contributed by atoms with Gasteiger partial charge in [-0.2, -0.15) is 0 Å². The first kappa shape index (κ1) is 29.1. The number of rotatable bonds is 0. The molecule has 0 aromatic rings. The predicted octanol–water partition coefficient (Wildman–Crippen LogP) is 7.05. The molecule has 4 fully saturated rings. The molecule has 31 heavy (non-hydrogen) atoms. The van der Waals surface area contributed by atoms with Gasteiger partial charge in [-0.15, -0.1) is 71.9 Å². The average molecular weight is 548 g/mol. The van der Waals surface area contributed by atoms with Gasteiger partial charge in [0.05, 0.1) is 8.16 Å². The fraction of sp³-hybridized carbons (Fsp3) is 1.00. The Hall–Kier alpha value is 1.90. The molecule has 8 heteroatoms. The van der Waals surface area contributed by atoms with Crippen LogP contribution in [-0.4, -0.2) is 53.3 Å². The van der Waals surface area contributed by atoms with Gasteiger partial charge in [-0.05, 0) is 81.1 Å². The first-order chi connectivity index (χ1) is 13.1. The van der Waals surface area contributed by atoms with Gasteiger partial charge < -0.3 is 10.6 Å². The fourth-order valence-electron chi connectivity index (χ4n) is 6.71. The zero-order chi connectivity index (χ0) is 21.4. The lowest BCUT2D eigenvalue weighted by atomic mass is 9.82. The third-order valence-electron chi connectivity index (χ3n) is 6.76. The normalized spacial score (nSPS) is 33.3. The maximum Gasteiger partial charge on any atom is 0.0646 e. The van der Waals surface area contributed by atoms with Crippen molar-refractivity contribution in [2.24, 2.45) is 5.41 Å². The minimum Gasteiger partial charge on any atom is -0.307 e. The lowest BCUT2D eigenvalue weighted by Crippen LogP contribution is -2.64. The minimum atomic E-state index is 0. The molecular weight excluding hydrogens is 503 g/mol. The van der Waals surface area contributed by atoms with E-state index in [9.17, 15) is 0 Å². The van der Waals surface area contributed by atoms with Crippen LogP contribution in [0.2, 0.25) is 0 Å². The highest BCUT2D eigenvalue weighted by Gasteiger charge is 2.56. The van der Waals surface area contributed by atoms with E-state index < -0.39 is 0 Å². The van der Waals surface area contributed by atoms with Gasteiger partial charge in [-0.1, -0.05) is 0 Å². The molecule has 4 heterocycles. The van der Waals surface area contributed by atoms with Gasteiger partial charge in [0.1, 0.15) is 0 Å². The summed E-state index contributed by atoms with van der Waals surface area (Å²) in [6, 6.07) is 0. The Kier molecular flexibility index (Phi) is 8.54. The summed E-state index contributed by atoms with van der Waals surface area (Å²) in [5.41, 5.74) is 1.47. The van der Waals surface area contributed by atoms with Crippen LogP contribution in [0.3, 0.4) is 0 Å². The van der Waals surface area contributed by atoms with E-state index in [0.29, 0.717) is 13.6 Å². The van der Waals surface area contributed by atoms with E-state index in [1.807, 2.05) is 0 Å². The molecule has 0 aliphatic carbocycles. The van der Waals surface area contributed by atoms with Gasteiger partial charge >= 0.3 is 0 Å². The van der Waals surface area contributed by atoms with Crippen molar-refractivity contribution in [3.05, 3.63) is 0 Å². The Bertz CT molecular complexity index is 554. The van der Waals surface area contributed by atoms with Crippen molar-refractivity contribution in [2.75, 3.05) is 23.0 Å². The lowest BCUT2D eigenvalue weighted by molar-refractivity contribution is 0.176. The molecule has 2 N–H and O–H groups in total. The zero-order valence-electron chi connectivity index (χ0n) is 20.6. The van der Waals surface area contributed by atoms with Crippen molar-refractivity contribution in [3.63, 3.8) is 0 Å². The van der Waals surface area contributed by atoms with Crippen LogP contribution in [0.1, 0.15) is 81.1 Å². The topological polar surface area (TPSA) is 24.1 Å². The maximum atomic E-state index is 3.89. The molecule has 0 radical (unpaired) electrons. The number of nitrogens with one attached hydrogen (secondary N) is 2. The highest BCUT2D eigenvalue weighted by Crippen LogP contribution is 2.63. The Morgan fingerprint density at radius 1 is 0.452 bits per heavy atom. The van der Waals surface area contributed by atoms with Crippen molar-refractivity contribution in [3.8, 4) is 0 Å². The van der Waals surface area contributed by atoms with Crippen molar-refractivity contribution in [1.29, 1.82) is 0 Å². The van der Waals surface area contributed by atoms with Crippen LogP contribution in [0, 0.1) is 5.41 Å². The third kappa shape index (κ3) is 6.57. The number of piperidine rings is 2. The molecule has 2 nitrogen and oxygen atoms in total. The van der Waals surface area contributed by atoms with Gasteiger partial charge in [-0.3, -0.25) is 0 Å². The molecule has 0 unspecified atom stereocenters. The molecule has 4 aliphatic rings. The van der Waals surface area contributed by atoms with Gasteiger partial charge in [0.25, 0.3) is 0 Å². The Labute approximate surface area is 221 Å². The SMILES string of the molecule is CC1(C)CC2(CC(C)(C)N1)SCC1(CS2)CSC2(CC(C)(C)NC(C)(C)C2)SC1.Cl.Cl. The van der Waals surface area contributed by atoms with Crippen LogP contribution in [-0.2, 0) is 0 Å². The summed E-state index contributed by atoms with van der Waals surface area (Å²) in [5, 5.41) is 7.78. The van der Waals surface area contributed by atoms with Gasteiger partial charge in [0.15, 0.2) is 0 Å². The monoisotopic (exact) mass is 546 g/mol. The number of hydrogen-bond acceptors (Lipinski definition) is 6. The maximum absolute atomic E-state index is 3.89. The van der Waals surface area contributed by atoms with Gasteiger partial charge in [0.2, 0.25) is 0 Å². The van der Waals surface area contributed by atoms with Gasteiger partial charge in [0, 0.05) is 50.6 Å². The van der Waals surface area contributed by atoms with Crippen molar-refractivity contribution < 1.29 is 0 Å². The summed E-state index contributed by atoms with van der Waals surface area (Å²) >= 11 is 9.26. The van der Waals surface area contributed by atoms with Crippen molar-refractivity contribution in [2.45, 2.75) is 111 Å². The van der Waals surface area contributed by atoms with E-state index >= 15 is 0 Å². The molecule has 4 saturated heterocycles. The van der Waals surface area contributed by atoms with Crippen LogP contribution in [0.25, 0.3) is 0 Å². The summed E-state index contributed by atoms with van der Waals surface area (Å²) in [4.78, 5) is 0. The first-order valence-corrected chi connectivity index (χ1v) is 15.2. The Balaban J connectivity index is 0.00000171. The minimum absolute atomic E-state index is 0. The second-order valence-electron chi connectivity index (χ2n) is 13.0. The Morgan fingerprint density at radius 3 is 0.903 bits per heavy atom. The van der Waals surface area contributed by atoms with Crippen LogP contribution in [0.15, 0.2) is 0 Å². The molecule has 0 atom stereocenters. The highest BCUT2D eigenvalue weighted by molar-refractivity contribution is 8.20. The van der Waals surface area contributed by atoms with Crippen LogP contribution < -0.4 is 10.6 Å². The fourth-order valence-corrected chi connectivity index (χ4v) is 16.1. The second-order valence-corrected chi connectivity index (χ2v) is 18.9. The van der Waals surface area contributed by atoms with E-state index in [2.05, 4.69) is 113 Å². The third-order valence-corrected chi connectivity index (χ3v) is 14.5. The van der Waals surface area contributed by atoms with E-state index in [-0.39, 0.29) is 47.0 Å². The molecular formula is C23H44Cl2N2S4. The van der Waals surface area contributed by atoms with Crippen LogP contribution in [0.5, 0.6) is 0 Å². The van der Waals surface area contributed by atoms with E-state index in [1.54, 1.807) is 0 Å². The molecule has 0 amide bonds. The standard InChI is InChI=1S/C23H42N2S4.2ClH/c1-17(2)9-22(10-18(3,4)24-17)26-13-21(14-27-22)15-28-23(29-16-21)11-19(5,6)25-20(7,8)12-23;;/h24-25H,9-16H2,1-8H3;2*1H. The molecule has 0 aromatic carbocycles. The molecule has 0 saturated carbocycles. The van der Waals surface area contributed by atoms with E-state index in [1.165, 1.54) is 48.7 Å². The van der Waals surface area contributed by atoms with Gasteiger partial charge in [-0.25, -0.2) is 0 Å². The predicted molar refractivity (Wildman–Crippen MR) is 153 cm³/mol. The van der Waals surface area contributed by atoms with Crippen molar-refractivity contribution >= 4 is 71.9 Å². The van der Waals surface area contributed by atoms with E-state index in [0.717, 1.165) is 0 Å². The average Bonchev–Trinajstić information content (AvgIpc) is 2.47. The molecule has 184 valence electrons. The summed E-state index contributed by atoms with van der Waals surface area (Å²) in [7, 11) is 0. The quantitative estimate of drug-likeness (QED) is 0.337. The molecule has 0 bridgehead atoms. The summed E-state index contributed by atoms with van der Waals surface area (Å²) in [5.74, 6) is 5.42. The summed E-state index contributed by atoms with van der Waals surface area (Å²) < 4.78 is 0.819. The lowest BCUT2D eigenvalue weighted by Gasteiger charge is -2.59. The van der Waals surface area contributed by atoms with E-state index in [4.69, 9.17) is 0 Å². The second kappa shape index (κ2) is 9.09. The summed E-state index contributed by atoms with van der Waals surface area (Å²) in [6.45, 7) is 19.2. The zero-order valence-corrected chi connectivity index (χ0v) is 25.5. The molecule has 0 aromatic heterocycles. The molecule has 4 rings (SSSR count). The highest BCUT2D eigenvalue weighted by atomic mass is 35.5. The first-order valence-electron chi connectivity index (χ1n) is 11.2.